The van der Waals surface area contributed by atoms with Gasteiger partial charge in [-0.3, -0.25) is 14.9 Å². The van der Waals surface area contributed by atoms with Crippen LogP contribution in [0.15, 0.2) is 47.4 Å². The van der Waals surface area contributed by atoms with Crippen molar-refractivity contribution in [3.63, 3.8) is 0 Å². The van der Waals surface area contributed by atoms with Gasteiger partial charge < -0.3 is 15.4 Å². The van der Waals surface area contributed by atoms with Crippen LogP contribution in [0, 0.1) is 10.1 Å². The third-order valence-electron chi connectivity index (χ3n) is 4.98. The first-order valence-corrected chi connectivity index (χ1v) is 11.8. The Labute approximate surface area is 186 Å². The summed E-state index contributed by atoms with van der Waals surface area (Å²) >= 11 is 0. The molecule has 10 nitrogen and oxygen atoms in total. The number of nitrogens with zero attached hydrogens (tertiary/aromatic N) is 2. The van der Waals surface area contributed by atoms with Crippen LogP contribution in [0.5, 0.6) is 5.75 Å². The van der Waals surface area contributed by atoms with Gasteiger partial charge in [0.2, 0.25) is 15.9 Å². The lowest BCUT2D eigenvalue weighted by Crippen LogP contribution is -2.28. The molecular weight excluding hydrogens is 436 g/mol. The predicted octanol–water partition coefficient (Wildman–Crippen LogP) is 3.22. The summed E-state index contributed by atoms with van der Waals surface area (Å²) in [7, 11) is -3.73. The zero-order valence-corrected chi connectivity index (χ0v) is 18.6. The highest BCUT2D eigenvalue weighted by atomic mass is 32.2. The first-order valence-electron chi connectivity index (χ1n) is 10.4. The number of hydrogen-bond acceptors (Lipinski definition) is 7. The number of carbonyl (C=O) groups is 1. The molecule has 32 heavy (non-hydrogen) atoms. The van der Waals surface area contributed by atoms with Gasteiger partial charge in [-0.1, -0.05) is 12.1 Å². The Hall–Kier alpha value is -3.18. The maximum atomic E-state index is 13.1. The molecule has 1 fully saturated rings. The molecule has 1 heterocycles. The minimum Gasteiger partial charge on any atom is -0.492 e. The van der Waals surface area contributed by atoms with Gasteiger partial charge in [-0.2, -0.15) is 4.31 Å². The normalized spacial score (nSPS) is 14.2. The maximum absolute atomic E-state index is 13.1. The van der Waals surface area contributed by atoms with Crippen molar-refractivity contribution in [1.82, 2.24) is 4.31 Å². The number of nitro groups is 1. The lowest BCUT2D eigenvalue weighted by atomic mass is 10.2. The molecule has 1 saturated heterocycles. The fourth-order valence-electron chi connectivity index (χ4n) is 3.45. The van der Waals surface area contributed by atoms with Crippen molar-refractivity contribution < 1.29 is 22.9 Å². The molecule has 0 aromatic heterocycles. The van der Waals surface area contributed by atoms with E-state index in [1.54, 1.807) is 31.2 Å². The first kappa shape index (κ1) is 23.5. The zero-order chi connectivity index (χ0) is 23.1. The van der Waals surface area contributed by atoms with E-state index in [0.717, 1.165) is 12.8 Å². The van der Waals surface area contributed by atoms with E-state index in [1.165, 1.54) is 22.5 Å². The van der Waals surface area contributed by atoms with Gasteiger partial charge in [0.1, 0.15) is 16.3 Å². The molecule has 0 bridgehead atoms. The van der Waals surface area contributed by atoms with Crippen LogP contribution < -0.4 is 15.4 Å². The molecule has 1 aliphatic heterocycles. The fraction of sp³-hybridized carbons (Fsp3) is 0.381. The van der Waals surface area contributed by atoms with Crippen molar-refractivity contribution in [3.05, 3.63) is 52.6 Å². The van der Waals surface area contributed by atoms with Gasteiger partial charge >= 0.3 is 0 Å². The highest BCUT2D eigenvalue weighted by molar-refractivity contribution is 7.89. The standard InChI is InChI=1S/C21H26N4O6S/c1-2-31-19-10-9-16(15-20(19)32(29,30)24-13-5-6-14-24)23-21(26)11-12-22-17-7-3-4-8-18(17)25(27)28/h3-4,7-10,15,22H,2,5-6,11-14H2,1H3,(H,23,26). The summed E-state index contributed by atoms with van der Waals surface area (Å²) in [4.78, 5) is 23.0. The van der Waals surface area contributed by atoms with Crippen LogP contribution in [0.1, 0.15) is 26.2 Å². The van der Waals surface area contributed by atoms with E-state index >= 15 is 0 Å². The van der Waals surface area contributed by atoms with Gasteiger partial charge in [-0.05, 0) is 44.0 Å². The highest BCUT2D eigenvalue weighted by Gasteiger charge is 2.30. The van der Waals surface area contributed by atoms with Crippen molar-refractivity contribution in [1.29, 1.82) is 0 Å². The number of amides is 1. The van der Waals surface area contributed by atoms with E-state index in [1.807, 2.05) is 0 Å². The van der Waals surface area contributed by atoms with E-state index in [-0.39, 0.29) is 35.2 Å². The Balaban J connectivity index is 1.68. The number of para-hydroxylation sites is 2. The Morgan fingerprint density at radius 3 is 2.59 bits per heavy atom. The second kappa shape index (κ2) is 10.4. The van der Waals surface area contributed by atoms with Crippen LogP contribution in [0.25, 0.3) is 0 Å². The third kappa shape index (κ3) is 5.54. The number of nitrogens with one attached hydrogen (secondary N) is 2. The molecule has 0 radical (unpaired) electrons. The van der Waals surface area contributed by atoms with Crippen LogP contribution in [0.2, 0.25) is 0 Å². The number of ether oxygens (including phenoxy) is 1. The average molecular weight is 463 g/mol. The molecule has 2 aromatic carbocycles. The monoisotopic (exact) mass is 462 g/mol. The number of carbonyl (C=O) groups excluding carboxylic acids is 1. The first-order chi connectivity index (χ1) is 15.3. The van der Waals surface area contributed by atoms with E-state index in [4.69, 9.17) is 4.74 Å². The van der Waals surface area contributed by atoms with Crippen LogP contribution in [0.4, 0.5) is 17.1 Å². The van der Waals surface area contributed by atoms with Crippen molar-refractivity contribution >= 4 is 33.0 Å². The summed E-state index contributed by atoms with van der Waals surface area (Å²) in [6.45, 7) is 3.17. The number of nitro benzene ring substituents is 1. The van der Waals surface area contributed by atoms with Gasteiger partial charge in [0.25, 0.3) is 5.69 Å². The summed E-state index contributed by atoms with van der Waals surface area (Å²) in [5.74, 6) is -0.111. The molecule has 0 spiro atoms. The van der Waals surface area contributed by atoms with Crippen LogP contribution in [-0.2, 0) is 14.8 Å². The van der Waals surface area contributed by atoms with Crippen molar-refractivity contribution in [2.45, 2.75) is 31.1 Å². The van der Waals surface area contributed by atoms with E-state index in [9.17, 15) is 23.3 Å². The largest absolute Gasteiger partial charge is 0.492 e. The fourth-order valence-corrected chi connectivity index (χ4v) is 5.12. The lowest BCUT2D eigenvalue weighted by molar-refractivity contribution is -0.384. The molecule has 2 N–H and O–H groups in total. The quantitative estimate of drug-likeness (QED) is 0.409. The maximum Gasteiger partial charge on any atom is 0.292 e. The second-order valence-electron chi connectivity index (χ2n) is 7.20. The summed E-state index contributed by atoms with van der Waals surface area (Å²) < 4.78 is 33.0. The number of hydrogen-bond donors (Lipinski definition) is 2. The molecule has 2 aromatic rings. The predicted molar refractivity (Wildman–Crippen MR) is 120 cm³/mol. The summed E-state index contributed by atoms with van der Waals surface area (Å²) in [5, 5.41) is 16.6. The van der Waals surface area contributed by atoms with Crippen LogP contribution >= 0.6 is 0 Å². The van der Waals surface area contributed by atoms with Gasteiger partial charge in [0, 0.05) is 37.8 Å². The molecule has 1 amide bonds. The molecule has 0 aliphatic carbocycles. The number of sulfonamides is 1. The van der Waals surface area contributed by atoms with Gasteiger partial charge in [-0.25, -0.2) is 8.42 Å². The van der Waals surface area contributed by atoms with Crippen molar-refractivity contribution in [2.24, 2.45) is 0 Å². The minimum absolute atomic E-state index is 0.0251. The Bertz CT molecular complexity index is 1080. The second-order valence-corrected chi connectivity index (χ2v) is 9.11. The minimum atomic E-state index is -3.73. The zero-order valence-electron chi connectivity index (χ0n) is 17.7. The van der Waals surface area contributed by atoms with Gasteiger partial charge in [0.15, 0.2) is 0 Å². The molecule has 1 aliphatic rings. The molecular formula is C21H26N4O6S. The van der Waals surface area contributed by atoms with Crippen LogP contribution in [0.3, 0.4) is 0 Å². The van der Waals surface area contributed by atoms with E-state index in [0.29, 0.717) is 31.1 Å². The van der Waals surface area contributed by atoms with E-state index in [2.05, 4.69) is 10.6 Å². The Morgan fingerprint density at radius 1 is 1.19 bits per heavy atom. The number of benzene rings is 2. The van der Waals surface area contributed by atoms with Crippen molar-refractivity contribution in [3.8, 4) is 5.75 Å². The summed E-state index contributed by atoms with van der Waals surface area (Å²) in [6.07, 6.45) is 1.66. The van der Waals surface area contributed by atoms with Gasteiger partial charge in [-0.15, -0.1) is 0 Å². The smallest absolute Gasteiger partial charge is 0.292 e. The van der Waals surface area contributed by atoms with E-state index < -0.39 is 14.9 Å². The summed E-state index contributed by atoms with van der Waals surface area (Å²) in [6, 6.07) is 10.7. The number of anilines is 2. The molecule has 172 valence electrons. The molecule has 11 heteroatoms. The number of rotatable bonds is 10. The Morgan fingerprint density at radius 2 is 1.91 bits per heavy atom. The molecule has 0 saturated carbocycles. The Kier molecular flexibility index (Phi) is 7.65. The SMILES string of the molecule is CCOc1ccc(NC(=O)CCNc2ccccc2[N+](=O)[O-])cc1S(=O)(=O)N1CCCC1. The lowest BCUT2D eigenvalue weighted by Gasteiger charge is -2.19. The van der Waals surface area contributed by atoms with Gasteiger partial charge in [0.05, 0.1) is 11.5 Å². The van der Waals surface area contributed by atoms with Crippen molar-refractivity contribution in [2.75, 3.05) is 36.9 Å². The third-order valence-corrected chi connectivity index (χ3v) is 6.90. The molecule has 3 rings (SSSR count). The average Bonchev–Trinajstić information content (AvgIpc) is 3.31. The highest BCUT2D eigenvalue weighted by Crippen LogP contribution is 2.31. The molecule has 0 unspecified atom stereocenters. The van der Waals surface area contributed by atoms with Crippen LogP contribution in [-0.4, -0.2) is 49.8 Å². The molecule has 0 atom stereocenters. The summed E-state index contributed by atoms with van der Waals surface area (Å²) in [5.41, 5.74) is 0.587. The topological polar surface area (TPSA) is 131 Å².